The largest absolute Gasteiger partial charge is 0.492 e. The molecule has 1 N–H and O–H groups in total. The van der Waals surface area contributed by atoms with Gasteiger partial charge >= 0.3 is 6.09 Å². The van der Waals surface area contributed by atoms with Crippen LogP contribution in [0.15, 0.2) is 53.0 Å². The number of hydrogen-bond donors (Lipinski definition) is 1. The van der Waals surface area contributed by atoms with E-state index >= 15 is 0 Å². The molecule has 0 heterocycles. The minimum atomic E-state index is -0.548. The van der Waals surface area contributed by atoms with E-state index in [0.717, 1.165) is 10.2 Å². The predicted molar refractivity (Wildman–Crippen MR) is 104 cm³/mol. The van der Waals surface area contributed by atoms with Crippen molar-refractivity contribution >= 4 is 33.6 Å². The minimum absolute atomic E-state index is 0.156. The summed E-state index contributed by atoms with van der Waals surface area (Å²) < 4.78 is 11.4. The summed E-state index contributed by atoms with van der Waals surface area (Å²) in [7, 11) is 1.71. The quantitative estimate of drug-likeness (QED) is 0.729. The van der Waals surface area contributed by atoms with Gasteiger partial charge in [0.25, 0.3) is 5.91 Å². The Labute approximate surface area is 161 Å². The summed E-state index contributed by atoms with van der Waals surface area (Å²) in [4.78, 5) is 25.6. The lowest BCUT2D eigenvalue weighted by Crippen LogP contribution is -2.31. The molecule has 0 aromatic heterocycles. The van der Waals surface area contributed by atoms with Crippen LogP contribution in [0.5, 0.6) is 5.75 Å². The Morgan fingerprint density at radius 3 is 2.58 bits per heavy atom. The lowest BCUT2D eigenvalue weighted by atomic mass is 10.2. The fourth-order valence-corrected chi connectivity index (χ4v) is 2.43. The maximum absolute atomic E-state index is 12.5. The fourth-order valence-electron chi connectivity index (χ4n) is 2.17. The Hall–Kier alpha value is -2.54. The summed E-state index contributed by atoms with van der Waals surface area (Å²) in [6.07, 6.45) is -0.548. The van der Waals surface area contributed by atoms with Crippen LogP contribution in [0.3, 0.4) is 0 Å². The van der Waals surface area contributed by atoms with Crippen LogP contribution in [-0.2, 0) is 4.74 Å². The number of amides is 2. The van der Waals surface area contributed by atoms with Gasteiger partial charge in [-0.1, -0.05) is 22.0 Å². The monoisotopic (exact) mass is 420 g/mol. The predicted octanol–water partition coefficient (Wildman–Crippen LogP) is 4.17. The number of benzene rings is 2. The Balaban J connectivity index is 1.88. The highest BCUT2D eigenvalue weighted by atomic mass is 79.9. The summed E-state index contributed by atoms with van der Waals surface area (Å²) >= 11 is 3.37. The number of carbonyl (C=O) groups is 2. The van der Waals surface area contributed by atoms with Gasteiger partial charge in [-0.2, -0.15) is 0 Å². The SMILES string of the molecule is CCOC(=O)Nc1cccc(C(=O)N(C)CCOc2ccc(Br)cc2)c1. The summed E-state index contributed by atoms with van der Waals surface area (Å²) in [5.41, 5.74) is 0.985. The van der Waals surface area contributed by atoms with Crippen molar-refractivity contribution in [2.45, 2.75) is 6.92 Å². The number of halogens is 1. The molecule has 0 fully saturated rings. The third-order valence-corrected chi connectivity index (χ3v) is 4.02. The van der Waals surface area contributed by atoms with E-state index in [9.17, 15) is 9.59 Å². The molecular weight excluding hydrogens is 400 g/mol. The molecule has 0 aliphatic rings. The molecule has 0 saturated heterocycles. The first-order valence-corrected chi connectivity index (χ1v) is 8.96. The maximum atomic E-state index is 12.5. The molecule has 2 aromatic rings. The van der Waals surface area contributed by atoms with E-state index in [1.807, 2.05) is 24.3 Å². The second-order valence-electron chi connectivity index (χ2n) is 5.46. The third-order valence-electron chi connectivity index (χ3n) is 3.49. The molecule has 0 atom stereocenters. The Bertz CT molecular complexity index is 749. The molecule has 6 nitrogen and oxygen atoms in total. The molecule has 0 saturated carbocycles. The highest BCUT2D eigenvalue weighted by molar-refractivity contribution is 9.10. The summed E-state index contributed by atoms with van der Waals surface area (Å²) in [5.74, 6) is 0.589. The van der Waals surface area contributed by atoms with E-state index in [2.05, 4.69) is 21.2 Å². The number of carbonyl (C=O) groups excluding carboxylic acids is 2. The number of hydrogen-bond acceptors (Lipinski definition) is 4. The molecule has 26 heavy (non-hydrogen) atoms. The highest BCUT2D eigenvalue weighted by Gasteiger charge is 2.13. The topological polar surface area (TPSA) is 67.9 Å². The second kappa shape index (κ2) is 9.82. The van der Waals surface area contributed by atoms with E-state index in [1.165, 1.54) is 0 Å². The molecule has 138 valence electrons. The number of nitrogens with zero attached hydrogens (tertiary/aromatic N) is 1. The van der Waals surface area contributed by atoms with Crippen molar-refractivity contribution in [1.82, 2.24) is 4.90 Å². The van der Waals surface area contributed by atoms with Crippen LogP contribution in [0.25, 0.3) is 0 Å². The molecule has 0 bridgehead atoms. The average Bonchev–Trinajstić information content (AvgIpc) is 2.63. The van der Waals surface area contributed by atoms with Crippen molar-refractivity contribution in [3.63, 3.8) is 0 Å². The second-order valence-corrected chi connectivity index (χ2v) is 6.37. The van der Waals surface area contributed by atoms with Crippen molar-refractivity contribution in [2.75, 3.05) is 32.1 Å². The number of likely N-dealkylation sites (N-methyl/N-ethyl adjacent to an activating group) is 1. The van der Waals surface area contributed by atoms with Crippen LogP contribution in [0.4, 0.5) is 10.5 Å². The van der Waals surface area contributed by atoms with Gasteiger partial charge in [-0.15, -0.1) is 0 Å². The van der Waals surface area contributed by atoms with Crippen molar-refractivity contribution in [2.24, 2.45) is 0 Å². The minimum Gasteiger partial charge on any atom is -0.492 e. The number of ether oxygens (including phenoxy) is 2. The molecule has 0 spiro atoms. The first-order valence-electron chi connectivity index (χ1n) is 8.17. The number of nitrogens with one attached hydrogen (secondary N) is 1. The van der Waals surface area contributed by atoms with Crippen molar-refractivity contribution < 1.29 is 19.1 Å². The lowest BCUT2D eigenvalue weighted by Gasteiger charge is -2.18. The van der Waals surface area contributed by atoms with Crippen molar-refractivity contribution in [1.29, 1.82) is 0 Å². The van der Waals surface area contributed by atoms with Crippen LogP contribution in [0.2, 0.25) is 0 Å². The zero-order chi connectivity index (χ0) is 18.9. The molecule has 0 unspecified atom stereocenters. The average molecular weight is 421 g/mol. The van der Waals surface area contributed by atoms with E-state index in [4.69, 9.17) is 9.47 Å². The van der Waals surface area contributed by atoms with Crippen molar-refractivity contribution in [3.05, 3.63) is 58.6 Å². The van der Waals surface area contributed by atoms with E-state index < -0.39 is 6.09 Å². The number of anilines is 1. The highest BCUT2D eigenvalue weighted by Crippen LogP contribution is 2.16. The Morgan fingerprint density at radius 1 is 1.15 bits per heavy atom. The van der Waals surface area contributed by atoms with Gasteiger partial charge in [0.1, 0.15) is 12.4 Å². The smallest absolute Gasteiger partial charge is 0.411 e. The summed E-state index contributed by atoms with van der Waals surface area (Å²) in [6, 6.07) is 14.2. The zero-order valence-corrected chi connectivity index (χ0v) is 16.3. The first-order chi connectivity index (χ1) is 12.5. The van der Waals surface area contributed by atoms with Crippen LogP contribution in [0, 0.1) is 0 Å². The van der Waals surface area contributed by atoms with Gasteiger partial charge in [-0.3, -0.25) is 10.1 Å². The van der Waals surface area contributed by atoms with Crippen LogP contribution < -0.4 is 10.1 Å². The molecule has 7 heteroatoms. The molecule has 2 rings (SSSR count). The van der Waals surface area contributed by atoms with Gasteiger partial charge < -0.3 is 14.4 Å². The third kappa shape index (κ3) is 6.07. The zero-order valence-electron chi connectivity index (χ0n) is 14.7. The van der Waals surface area contributed by atoms with Gasteiger partial charge in [0.2, 0.25) is 0 Å². The summed E-state index contributed by atoms with van der Waals surface area (Å²) in [6.45, 7) is 2.82. The molecule has 0 radical (unpaired) electrons. The number of rotatable bonds is 7. The van der Waals surface area contributed by atoms with E-state index in [-0.39, 0.29) is 12.5 Å². The van der Waals surface area contributed by atoms with E-state index in [0.29, 0.717) is 24.4 Å². The molecule has 2 aromatic carbocycles. The molecular formula is C19H21BrN2O4. The van der Waals surface area contributed by atoms with Gasteiger partial charge in [0, 0.05) is 22.8 Å². The normalized spacial score (nSPS) is 10.1. The van der Waals surface area contributed by atoms with Crippen LogP contribution >= 0.6 is 15.9 Å². The van der Waals surface area contributed by atoms with Gasteiger partial charge in [-0.05, 0) is 49.4 Å². The van der Waals surface area contributed by atoms with Crippen molar-refractivity contribution in [3.8, 4) is 5.75 Å². The van der Waals surface area contributed by atoms with Gasteiger partial charge in [0.05, 0.1) is 13.2 Å². The van der Waals surface area contributed by atoms with Gasteiger partial charge in [-0.25, -0.2) is 4.79 Å². The molecule has 0 aliphatic heterocycles. The lowest BCUT2D eigenvalue weighted by molar-refractivity contribution is 0.0773. The Kier molecular flexibility index (Phi) is 7.47. The van der Waals surface area contributed by atoms with Gasteiger partial charge in [0.15, 0.2) is 0 Å². The summed E-state index contributed by atoms with van der Waals surface area (Å²) in [5, 5.41) is 2.59. The molecule has 2 amide bonds. The fraction of sp³-hybridized carbons (Fsp3) is 0.263. The van der Waals surface area contributed by atoms with E-state index in [1.54, 1.807) is 43.1 Å². The van der Waals surface area contributed by atoms with Crippen LogP contribution in [0.1, 0.15) is 17.3 Å². The standard InChI is InChI=1S/C19H21BrN2O4/c1-3-25-19(24)21-16-6-4-5-14(13-16)18(23)22(2)11-12-26-17-9-7-15(20)8-10-17/h4-10,13H,3,11-12H2,1-2H3,(H,21,24). The molecule has 0 aliphatic carbocycles. The van der Waals surface area contributed by atoms with Crippen LogP contribution in [-0.4, -0.2) is 43.7 Å². The maximum Gasteiger partial charge on any atom is 0.411 e. The first kappa shape index (κ1) is 19.8. The Morgan fingerprint density at radius 2 is 1.88 bits per heavy atom.